The van der Waals surface area contributed by atoms with Crippen LogP contribution in [0.2, 0.25) is 0 Å². The van der Waals surface area contributed by atoms with E-state index in [9.17, 15) is 9.59 Å². The van der Waals surface area contributed by atoms with E-state index in [1.54, 1.807) is 6.07 Å². The second-order valence-corrected chi connectivity index (χ2v) is 6.68. The van der Waals surface area contributed by atoms with Crippen LogP contribution in [0, 0.1) is 0 Å². The van der Waals surface area contributed by atoms with E-state index in [1.807, 2.05) is 18.2 Å². The third kappa shape index (κ3) is 3.20. The minimum Gasteiger partial charge on any atom is -0.351 e. The fourth-order valence-corrected chi connectivity index (χ4v) is 3.52. The molecule has 0 atom stereocenters. The first-order valence-corrected chi connectivity index (χ1v) is 9.11. The maximum Gasteiger partial charge on any atom is 0.277 e. The van der Waals surface area contributed by atoms with Crippen LogP contribution in [0.25, 0.3) is 16.6 Å². The van der Waals surface area contributed by atoms with E-state index in [0.29, 0.717) is 17.6 Å². The average molecular weight is 354 g/mol. The van der Waals surface area contributed by atoms with Gasteiger partial charge in [-0.2, -0.15) is 0 Å². The molecule has 1 fully saturated rings. The van der Waals surface area contributed by atoms with Gasteiger partial charge >= 0.3 is 0 Å². The molecular formula is C18H22N6O2. The Morgan fingerprint density at radius 1 is 1.19 bits per heavy atom. The number of carbonyl (C=O) groups is 1. The van der Waals surface area contributed by atoms with E-state index >= 15 is 0 Å². The number of hydrogen-bond donors (Lipinski definition) is 2. The molecule has 3 aromatic rings. The van der Waals surface area contributed by atoms with Gasteiger partial charge in [0.1, 0.15) is 0 Å². The second-order valence-electron chi connectivity index (χ2n) is 6.68. The number of aromatic nitrogens is 4. The van der Waals surface area contributed by atoms with Crippen molar-refractivity contribution in [2.75, 3.05) is 26.2 Å². The van der Waals surface area contributed by atoms with E-state index < -0.39 is 0 Å². The predicted molar refractivity (Wildman–Crippen MR) is 98.4 cm³/mol. The van der Waals surface area contributed by atoms with Crippen LogP contribution in [0.3, 0.4) is 0 Å². The predicted octanol–water partition coefficient (Wildman–Crippen LogP) is 1.18. The Bertz CT molecular complexity index is 986. The molecule has 1 aliphatic heterocycles. The van der Waals surface area contributed by atoms with E-state index in [2.05, 4.69) is 25.5 Å². The molecule has 0 unspecified atom stereocenters. The lowest BCUT2D eigenvalue weighted by atomic mass is 10.1. The van der Waals surface area contributed by atoms with Gasteiger partial charge in [-0.15, -0.1) is 5.10 Å². The van der Waals surface area contributed by atoms with Gasteiger partial charge in [-0.05, 0) is 51.0 Å². The molecule has 0 bridgehead atoms. The highest BCUT2D eigenvalue weighted by molar-refractivity contribution is 5.99. The second kappa shape index (κ2) is 7.25. The summed E-state index contributed by atoms with van der Waals surface area (Å²) in [5.74, 6) is -0.362. The molecule has 26 heavy (non-hydrogen) atoms. The fraction of sp³-hybridized carbons (Fsp3) is 0.444. The minimum absolute atomic E-state index is 0.0648. The van der Waals surface area contributed by atoms with Gasteiger partial charge < -0.3 is 15.2 Å². The molecule has 0 saturated carbocycles. The zero-order chi connectivity index (χ0) is 17.9. The maximum absolute atomic E-state index is 12.5. The Labute approximate surface area is 150 Å². The number of hydrogen-bond acceptors (Lipinski definition) is 5. The maximum atomic E-state index is 12.5. The molecule has 8 nitrogen and oxygen atoms in total. The Morgan fingerprint density at radius 3 is 2.85 bits per heavy atom. The summed E-state index contributed by atoms with van der Waals surface area (Å²) in [4.78, 5) is 30.1. The standard InChI is InChI=1S/C18H22N6O2/c25-17(19-9-6-12-23-10-4-1-5-11-23)15-16-18(26)20-13-7-2-3-8-14(13)24(16)22-21-15/h2-3,7-8H,1,4-6,9-12H2,(H,19,25)(H,20,26). The van der Waals surface area contributed by atoms with Gasteiger partial charge in [-0.25, -0.2) is 4.52 Å². The average Bonchev–Trinajstić information content (AvgIpc) is 3.12. The Hall–Kier alpha value is -2.74. The van der Waals surface area contributed by atoms with Crippen molar-refractivity contribution in [2.24, 2.45) is 0 Å². The summed E-state index contributed by atoms with van der Waals surface area (Å²) in [7, 11) is 0. The van der Waals surface area contributed by atoms with Crippen molar-refractivity contribution in [1.82, 2.24) is 30.0 Å². The highest BCUT2D eigenvalue weighted by Gasteiger charge is 2.19. The van der Waals surface area contributed by atoms with Gasteiger partial charge in [0.25, 0.3) is 11.5 Å². The molecule has 136 valence electrons. The number of aromatic amines is 1. The molecule has 0 spiro atoms. The first kappa shape index (κ1) is 16.7. The summed E-state index contributed by atoms with van der Waals surface area (Å²) >= 11 is 0. The number of rotatable bonds is 5. The van der Waals surface area contributed by atoms with Gasteiger partial charge in [-0.1, -0.05) is 23.8 Å². The highest BCUT2D eigenvalue weighted by atomic mass is 16.2. The lowest BCUT2D eigenvalue weighted by molar-refractivity contribution is 0.0947. The Kier molecular flexibility index (Phi) is 4.66. The van der Waals surface area contributed by atoms with Crippen molar-refractivity contribution in [3.05, 3.63) is 40.3 Å². The van der Waals surface area contributed by atoms with Gasteiger partial charge in [0.05, 0.1) is 11.0 Å². The van der Waals surface area contributed by atoms with Crippen LogP contribution in [-0.4, -0.2) is 56.8 Å². The largest absolute Gasteiger partial charge is 0.351 e. The van der Waals surface area contributed by atoms with Crippen molar-refractivity contribution in [1.29, 1.82) is 0 Å². The molecule has 0 radical (unpaired) electrons. The number of amides is 1. The first-order valence-electron chi connectivity index (χ1n) is 9.11. The molecule has 2 N–H and O–H groups in total. The Balaban J connectivity index is 1.47. The van der Waals surface area contributed by atoms with Crippen molar-refractivity contribution in [2.45, 2.75) is 25.7 Å². The van der Waals surface area contributed by atoms with Crippen LogP contribution >= 0.6 is 0 Å². The quantitative estimate of drug-likeness (QED) is 0.671. The fourth-order valence-electron chi connectivity index (χ4n) is 3.52. The van der Waals surface area contributed by atoms with Gasteiger partial charge in [0.2, 0.25) is 0 Å². The number of piperidine rings is 1. The van der Waals surface area contributed by atoms with E-state index in [4.69, 9.17) is 0 Å². The number of nitrogens with one attached hydrogen (secondary N) is 2. The lowest BCUT2D eigenvalue weighted by Gasteiger charge is -2.26. The van der Waals surface area contributed by atoms with Crippen molar-refractivity contribution >= 4 is 22.5 Å². The molecule has 8 heteroatoms. The number of likely N-dealkylation sites (tertiary alicyclic amines) is 1. The highest BCUT2D eigenvalue weighted by Crippen LogP contribution is 2.12. The Morgan fingerprint density at radius 2 is 2.00 bits per heavy atom. The lowest BCUT2D eigenvalue weighted by Crippen LogP contribution is -2.33. The van der Waals surface area contributed by atoms with Crippen LogP contribution in [0.1, 0.15) is 36.2 Å². The zero-order valence-corrected chi connectivity index (χ0v) is 14.6. The number of carbonyl (C=O) groups excluding carboxylic acids is 1. The van der Waals surface area contributed by atoms with E-state index in [-0.39, 0.29) is 22.7 Å². The van der Waals surface area contributed by atoms with Gasteiger partial charge in [-0.3, -0.25) is 9.59 Å². The van der Waals surface area contributed by atoms with E-state index in [0.717, 1.165) is 26.1 Å². The number of fused-ring (bicyclic) bond motifs is 3. The summed E-state index contributed by atoms with van der Waals surface area (Å²) in [5, 5.41) is 10.8. The van der Waals surface area contributed by atoms with Crippen LogP contribution in [-0.2, 0) is 0 Å². The van der Waals surface area contributed by atoms with Crippen molar-refractivity contribution < 1.29 is 4.79 Å². The molecule has 1 aromatic carbocycles. The monoisotopic (exact) mass is 354 g/mol. The third-order valence-electron chi connectivity index (χ3n) is 4.87. The van der Waals surface area contributed by atoms with Crippen LogP contribution in [0.15, 0.2) is 29.1 Å². The molecule has 3 heterocycles. The summed E-state index contributed by atoms with van der Waals surface area (Å²) < 4.78 is 1.43. The number of para-hydroxylation sites is 2. The molecule has 1 aliphatic rings. The topological polar surface area (TPSA) is 95.4 Å². The number of H-pyrrole nitrogens is 1. The van der Waals surface area contributed by atoms with Crippen molar-refractivity contribution in [3.63, 3.8) is 0 Å². The summed E-state index contributed by atoms with van der Waals surface area (Å²) in [6.45, 7) is 3.82. The molecule has 4 rings (SSSR count). The zero-order valence-electron chi connectivity index (χ0n) is 14.6. The molecule has 2 aromatic heterocycles. The van der Waals surface area contributed by atoms with Crippen molar-refractivity contribution in [3.8, 4) is 0 Å². The third-order valence-corrected chi connectivity index (χ3v) is 4.87. The minimum atomic E-state index is -0.368. The summed E-state index contributed by atoms with van der Waals surface area (Å²) in [6.07, 6.45) is 4.71. The molecular weight excluding hydrogens is 332 g/mol. The van der Waals surface area contributed by atoms with E-state index in [1.165, 1.54) is 23.8 Å². The first-order chi connectivity index (χ1) is 12.7. The SMILES string of the molecule is O=C(NCCCN1CCCCC1)c1nnn2c1c(=O)[nH]c1ccccc12. The number of benzene rings is 1. The van der Waals surface area contributed by atoms with Gasteiger partial charge in [0.15, 0.2) is 11.2 Å². The van der Waals surface area contributed by atoms with Crippen LogP contribution in [0.5, 0.6) is 0 Å². The van der Waals surface area contributed by atoms with Gasteiger partial charge in [0, 0.05) is 6.54 Å². The smallest absolute Gasteiger partial charge is 0.277 e. The number of nitrogens with zero attached hydrogens (tertiary/aromatic N) is 4. The molecule has 1 saturated heterocycles. The van der Waals surface area contributed by atoms with Crippen LogP contribution < -0.4 is 10.9 Å². The summed E-state index contributed by atoms with van der Waals surface area (Å²) in [5.41, 5.74) is 1.24. The molecule has 0 aliphatic carbocycles. The summed E-state index contributed by atoms with van der Waals surface area (Å²) in [6, 6.07) is 7.30. The molecule has 1 amide bonds. The normalized spacial score (nSPS) is 15.5. The van der Waals surface area contributed by atoms with Crippen LogP contribution in [0.4, 0.5) is 0 Å².